The number of piperidine rings is 1. The van der Waals surface area contributed by atoms with Gasteiger partial charge in [0.15, 0.2) is 6.61 Å². The summed E-state index contributed by atoms with van der Waals surface area (Å²) in [6, 6.07) is 15.8. The fraction of sp³-hybridized carbons (Fsp3) is 0.350. The lowest BCUT2D eigenvalue weighted by Gasteiger charge is -2.25. The third-order valence-electron chi connectivity index (χ3n) is 4.48. The number of sulfonamides is 1. The first-order valence-electron chi connectivity index (χ1n) is 9.09. The van der Waals surface area contributed by atoms with E-state index in [4.69, 9.17) is 4.74 Å². The number of hydrogen-bond donors (Lipinski definition) is 1. The van der Waals surface area contributed by atoms with Crippen LogP contribution in [0.2, 0.25) is 0 Å². The Balaban J connectivity index is 1.50. The zero-order chi connectivity index (χ0) is 19.1. The number of benzene rings is 2. The van der Waals surface area contributed by atoms with E-state index in [1.165, 1.54) is 0 Å². The number of hydrogen-bond acceptors (Lipinski definition) is 4. The maximum absolute atomic E-state index is 12.6. The van der Waals surface area contributed by atoms with E-state index in [9.17, 15) is 13.2 Å². The molecule has 1 aliphatic rings. The summed E-state index contributed by atoms with van der Waals surface area (Å²) in [5.74, 6) is 0.406. The monoisotopic (exact) mass is 388 g/mol. The van der Waals surface area contributed by atoms with Gasteiger partial charge in [-0.25, -0.2) is 8.42 Å². The Morgan fingerprint density at radius 3 is 2.30 bits per heavy atom. The number of nitrogens with one attached hydrogen (secondary N) is 1. The van der Waals surface area contributed by atoms with Crippen molar-refractivity contribution in [1.29, 1.82) is 0 Å². The first-order chi connectivity index (χ1) is 13.1. The summed E-state index contributed by atoms with van der Waals surface area (Å²) in [7, 11) is -3.42. The molecule has 3 rings (SSSR count). The molecule has 1 amide bonds. The van der Waals surface area contributed by atoms with Crippen molar-refractivity contribution in [2.45, 2.75) is 30.7 Å². The molecular formula is C20H24N2O4S. The van der Waals surface area contributed by atoms with Crippen molar-refractivity contribution in [3.05, 3.63) is 60.2 Å². The average Bonchev–Trinajstić information content (AvgIpc) is 2.72. The Kier molecular flexibility index (Phi) is 6.47. The molecule has 2 aromatic carbocycles. The van der Waals surface area contributed by atoms with Gasteiger partial charge in [-0.2, -0.15) is 4.31 Å². The van der Waals surface area contributed by atoms with Crippen LogP contribution in [-0.2, 0) is 21.4 Å². The molecule has 1 fully saturated rings. The third kappa shape index (κ3) is 5.30. The highest BCUT2D eigenvalue weighted by atomic mass is 32.2. The van der Waals surface area contributed by atoms with Crippen LogP contribution in [0, 0.1) is 0 Å². The highest BCUT2D eigenvalue weighted by molar-refractivity contribution is 7.89. The molecule has 0 unspecified atom stereocenters. The number of rotatable bonds is 7. The first kappa shape index (κ1) is 19.4. The van der Waals surface area contributed by atoms with Crippen LogP contribution >= 0.6 is 0 Å². The van der Waals surface area contributed by atoms with E-state index in [0.717, 1.165) is 24.8 Å². The molecular weight excluding hydrogens is 364 g/mol. The maximum atomic E-state index is 12.6. The van der Waals surface area contributed by atoms with Crippen LogP contribution in [-0.4, -0.2) is 38.3 Å². The third-order valence-corrected chi connectivity index (χ3v) is 6.39. The Hall–Kier alpha value is -2.38. The van der Waals surface area contributed by atoms with E-state index >= 15 is 0 Å². The quantitative estimate of drug-likeness (QED) is 0.791. The van der Waals surface area contributed by atoms with Gasteiger partial charge in [-0.1, -0.05) is 36.8 Å². The van der Waals surface area contributed by atoms with Crippen LogP contribution < -0.4 is 10.1 Å². The molecule has 0 saturated carbocycles. The lowest BCUT2D eigenvalue weighted by molar-refractivity contribution is -0.123. The van der Waals surface area contributed by atoms with Crippen LogP contribution in [0.15, 0.2) is 59.5 Å². The fourth-order valence-corrected chi connectivity index (χ4v) is 4.47. The Morgan fingerprint density at radius 1 is 0.963 bits per heavy atom. The van der Waals surface area contributed by atoms with Gasteiger partial charge in [-0.3, -0.25) is 4.79 Å². The summed E-state index contributed by atoms with van der Waals surface area (Å²) in [6.07, 6.45) is 2.90. The standard InChI is InChI=1S/C20H24N2O4S/c23-20(16-26-18-7-3-1-4-8-18)21-15-17-9-11-19(12-10-17)27(24,25)22-13-5-2-6-14-22/h1,3-4,7-12H,2,5-6,13-16H2,(H,21,23). The number of para-hydroxylation sites is 1. The van der Waals surface area contributed by atoms with Gasteiger partial charge >= 0.3 is 0 Å². The molecule has 0 aliphatic carbocycles. The van der Waals surface area contributed by atoms with Gasteiger partial charge in [0.25, 0.3) is 5.91 Å². The lowest BCUT2D eigenvalue weighted by Crippen LogP contribution is -2.35. The van der Waals surface area contributed by atoms with Crippen molar-refractivity contribution in [1.82, 2.24) is 9.62 Å². The van der Waals surface area contributed by atoms with Crippen LogP contribution in [0.4, 0.5) is 0 Å². The lowest BCUT2D eigenvalue weighted by atomic mass is 10.2. The fourth-order valence-electron chi connectivity index (χ4n) is 2.95. The zero-order valence-corrected chi connectivity index (χ0v) is 16.0. The molecule has 1 aliphatic heterocycles. The van der Waals surface area contributed by atoms with Crippen molar-refractivity contribution in [2.24, 2.45) is 0 Å². The van der Waals surface area contributed by atoms with Crippen molar-refractivity contribution in [2.75, 3.05) is 19.7 Å². The second-order valence-electron chi connectivity index (χ2n) is 6.49. The van der Waals surface area contributed by atoms with Gasteiger partial charge in [-0.05, 0) is 42.7 Å². The van der Waals surface area contributed by atoms with Gasteiger partial charge < -0.3 is 10.1 Å². The minimum absolute atomic E-state index is 0.0641. The number of nitrogens with zero attached hydrogens (tertiary/aromatic N) is 1. The minimum Gasteiger partial charge on any atom is -0.484 e. The summed E-state index contributed by atoms with van der Waals surface area (Å²) in [4.78, 5) is 12.2. The molecule has 144 valence electrons. The van der Waals surface area contributed by atoms with Crippen molar-refractivity contribution < 1.29 is 17.9 Å². The second-order valence-corrected chi connectivity index (χ2v) is 8.43. The van der Waals surface area contributed by atoms with E-state index in [2.05, 4.69) is 5.32 Å². The van der Waals surface area contributed by atoms with Crippen LogP contribution in [0.3, 0.4) is 0 Å². The predicted molar refractivity (Wildman–Crippen MR) is 103 cm³/mol. The van der Waals surface area contributed by atoms with Gasteiger partial charge in [-0.15, -0.1) is 0 Å². The molecule has 0 atom stereocenters. The molecule has 2 aromatic rings. The van der Waals surface area contributed by atoms with Crippen molar-refractivity contribution in [3.63, 3.8) is 0 Å². The summed E-state index contributed by atoms with van der Waals surface area (Å²) >= 11 is 0. The molecule has 1 saturated heterocycles. The molecule has 1 N–H and O–H groups in total. The van der Waals surface area contributed by atoms with Gasteiger partial charge in [0.1, 0.15) is 5.75 Å². The molecule has 27 heavy (non-hydrogen) atoms. The van der Waals surface area contributed by atoms with E-state index < -0.39 is 10.0 Å². The smallest absolute Gasteiger partial charge is 0.258 e. The van der Waals surface area contributed by atoms with Crippen molar-refractivity contribution in [3.8, 4) is 5.75 Å². The van der Waals surface area contributed by atoms with Gasteiger partial charge in [0, 0.05) is 19.6 Å². The number of carbonyl (C=O) groups is 1. The molecule has 6 nitrogen and oxygen atoms in total. The zero-order valence-electron chi connectivity index (χ0n) is 15.1. The molecule has 0 radical (unpaired) electrons. The minimum atomic E-state index is -3.42. The van der Waals surface area contributed by atoms with Crippen LogP contribution in [0.1, 0.15) is 24.8 Å². The molecule has 0 spiro atoms. The van der Waals surface area contributed by atoms with Gasteiger partial charge in [0.05, 0.1) is 4.90 Å². The van der Waals surface area contributed by atoms with Crippen molar-refractivity contribution >= 4 is 15.9 Å². The number of amides is 1. The second kappa shape index (κ2) is 9.01. The van der Waals surface area contributed by atoms with Crippen LogP contribution in [0.25, 0.3) is 0 Å². The maximum Gasteiger partial charge on any atom is 0.258 e. The summed E-state index contributed by atoms with van der Waals surface area (Å²) in [5.41, 5.74) is 0.834. The molecule has 0 aromatic heterocycles. The Labute approximate surface area is 160 Å². The molecule has 0 bridgehead atoms. The van der Waals surface area contributed by atoms with E-state index in [1.54, 1.807) is 40.7 Å². The average molecular weight is 388 g/mol. The van der Waals surface area contributed by atoms with E-state index in [-0.39, 0.29) is 12.5 Å². The number of carbonyl (C=O) groups excluding carboxylic acids is 1. The van der Waals surface area contributed by atoms with E-state index in [0.29, 0.717) is 30.3 Å². The van der Waals surface area contributed by atoms with Crippen LogP contribution in [0.5, 0.6) is 5.75 Å². The molecule has 7 heteroatoms. The first-order valence-corrected chi connectivity index (χ1v) is 10.5. The number of ether oxygens (including phenoxy) is 1. The normalized spacial score (nSPS) is 15.3. The Bertz CT molecular complexity index is 845. The largest absolute Gasteiger partial charge is 0.484 e. The summed E-state index contributed by atoms with van der Waals surface area (Å²) in [5, 5.41) is 2.77. The highest BCUT2D eigenvalue weighted by Gasteiger charge is 2.25. The Morgan fingerprint density at radius 2 is 1.63 bits per heavy atom. The summed E-state index contributed by atoms with van der Waals surface area (Å²) < 4.78 is 32.2. The van der Waals surface area contributed by atoms with E-state index in [1.807, 2.05) is 18.2 Å². The van der Waals surface area contributed by atoms with Gasteiger partial charge in [0.2, 0.25) is 10.0 Å². The highest BCUT2D eigenvalue weighted by Crippen LogP contribution is 2.20. The predicted octanol–water partition coefficient (Wildman–Crippen LogP) is 2.56. The molecule has 1 heterocycles. The SMILES string of the molecule is O=C(COc1ccccc1)NCc1ccc(S(=O)(=O)N2CCCCC2)cc1. The summed E-state index contributed by atoms with van der Waals surface area (Å²) in [6.45, 7) is 1.43. The topological polar surface area (TPSA) is 75.7 Å².